The average Bonchev–Trinajstić information content (AvgIpc) is 2.05. The molecular formula is C8H15NO2S. The van der Waals surface area contributed by atoms with E-state index in [1.165, 1.54) is 0 Å². The molecule has 0 radical (unpaired) electrons. The molecule has 0 aliphatic rings. The van der Waals surface area contributed by atoms with Crippen molar-refractivity contribution < 1.29 is 9.53 Å². The minimum absolute atomic E-state index is 0.0232. The second-order valence-corrected chi connectivity index (χ2v) is 2.69. The SMILES string of the molecule is CCC(C)OC(=O)NC/C=C/S. The van der Waals surface area contributed by atoms with Crippen LogP contribution in [0.2, 0.25) is 0 Å². The third-order valence-electron chi connectivity index (χ3n) is 1.35. The van der Waals surface area contributed by atoms with Crippen molar-refractivity contribution in [3.8, 4) is 0 Å². The highest BCUT2D eigenvalue weighted by molar-refractivity contribution is 7.83. The third-order valence-corrected chi connectivity index (χ3v) is 1.56. The Kier molecular flexibility index (Phi) is 6.66. The van der Waals surface area contributed by atoms with E-state index in [2.05, 4.69) is 17.9 Å². The van der Waals surface area contributed by atoms with Gasteiger partial charge in [0.2, 0.25) is 0 Å². The quantitative estimate of drug-likeness (QED) is 0.663. The molecule has 0 saturated carbocycles. The van der Waals surface area contributed by atoms with E-state index in [1.807, 2.05) is 13.8 Å². The number of thiol groups is 1. The predicted octanol–water partition coefficient (Wildman–Crippen LogP) is 1.95. The molecule has 0 fully saturated rings. The third kappa shape index (κ3) is 6.09. The van der Waals surface area contributed by atoms with Gasteiger partial charge in [-0.25, -0.2) is 4.79 Å². The van der Waals surface area contributed by atoms with E-state index in [4.69, 9.17) is 4.74 Å². The van der Waals surface area contributed by atoms with Crippen molar-refractivity contribution in [2.75, 3.05) is 6.54 Å². The number of nitrogens with one attached hydrogen (secondary N) is 1. The molecule has 0 aromatic rings. The van der Waals surface area contributed by atoms with Crippen molar-refractivity contribution in [1.29, 1.82) is 0 Å². The summed E-state index contributed by atoms with van der Waals surface area (Å²) in [6.07, 6.45) is 2.15. The first-order valence-electron chi connectivity index (χ1n) is 3.94. The van der Waals surface area contributed by atoms with Gasteiger partial charge < -0.3 is 10.1 Å². The van der Waals surface area contributed by atoms with E-state index < -0.39 is 0 Å². The minimum Gasteiger partial charge on any atom is -0.447 e. The van der Waals surface area contributed by atoms with Crippen molar-refractivity contribution >= 4 is 18.7 Å². The van der Waals surface area contributed by atoms with E-state index in [0.29, 0.717) is 6.54 Å². The fourth-order valence-electron chi connectivity index (χ4n) is 0.503. The Morgan fingerprint density at radius 3 is 2.92 bits per heavy atom. The van der Waals surface area contributed by atoms with E-state index in [0.717, 1.165) is 6.42 Å². The Morgan fingerprint density at radius 1 is 1.75 bits per heavy atom. The van der Waals surface area contributed by atoms with Gasteiger partial charge in [-0.1, -0.05) is 13.0 Å². The first kappa shape index (κ1) is 11.4. The summed E-state index contributed by atoms with van der Waals surface area (Å²) in [6.45, 7) is 4.28. The molecule has 1 atom stereocenters. The van der Waals surface area contributed by atoms with Crippen LogP contribution >= 0.6 is 12.6 Å². The molecule has 1 N–H and O–H groups in total. The Bertz CT molecular complexity index is 159. The average molecular weight is 189 g/mol. The van der Waals surface area contributed by atoms with Crippen molar-refractivity contribution in [3.05, 3.63) is 11.5 Å². The lowest BCUT2D eigenvalue weighted by Crippen LogP contribution is -2.27. The minimum atomic E-state index is -0.379. The van der Waals surface area contributed by atoms with Gasteiger partial charge >= 0.3 is 6.09 Å². The summed E-state index contributed by atoms with van der Waals surface area (Å²) in [5.74, 6) is 0. The van der Waals surface area contributed by atoms with Gasteiger partial charge in [0.1, 0.15) is 6.10 Å². The van der Waals surface area contributed by atoms with Crippen LogP contribution in [0.5, 0.6) is 0 Å². The molecule has 0 heterocycles. The molecule has 0 saturated heterocycles. The monoisotopic (exact) mass is 189 g/mol. The summed E-state index contributed by atoms with van der Waals surface area (Å²) in [5.41, 5.74) is 0. The van der Waals surface area contributed by atoms with Crippen LogP contribution in [-0.2, 0) is 4.74 Å². The zero-order valence-electron chi connectivity index (χ0n) is 7.41. The second kappa shape index (κ2) is 7.03. The Balaban J connectivity index is 3.46. The smallest absolute Gasteiger partial charge is 0.407 e. The van der Waals surface area contributed by atoms with Gasteiger partial charge in [-0.3, -0.25) is 0 Å². The highest BCUT2D eigenvalue weighted by atomic mass is 32.1. The lowest BCUT2D eigenvalue weighted by molar-refractivity contribution is 0.106. The maximum Gasteiger partial charge on any atom is 0.407 e. The van der Waals surface area contributed by atoms with Crippen molar-refractivity contribution in [1.82, 2.24) is 5.32 Å². The molecule has 3 nitrogen and oxygen atoms in total. The summed E-state index contributed by atoms with van der Waals surface area (Å²) in [5, 5.41) is 4.12. The highest BCUT2D eigenvalue weighted by Gasteiger charge is 2.04. The Labute approximate surface area is 78.6 Å². The number of ether oxygens (including phenoxy) is 1. The Hall–Kier alpha value is -0.640. The van der Waals surface area contributed by atoms with Crippen LogP contribution in [0.25, 0.3) is 0 Å². The molecule has 70 valence electrons. The number of hydrogen-bond acceptors (Lipinski definition) is 3. The molecule has 12 heavy (non-hydrogen) atoms. The van der Waals surface area contributed by atoms with Crippen LogP contribution in [0, 0.1) is 0 Å². The van der Waals surface area contributed by atoms with Crippen LogP contribution in [0.15, 0.2) is 11.5 Å². The zero-order chi connectivity index (χ0) is 9.40. The van der Waals surface area contributed by atoms with Crippen LogP contribution in [0.3, 0.4) is 0 Å². The number of hydrogen-bond donors (Lipinski definition) is 2. The van der Waals surface area contributed by atoms with Crippen molar-refractivity contribution in [3.63, 3.8) is 0 Å². The lowest BCUT2D eigenvalue weighted by atomic mass is 10.3. The van der Waals surface area contributed by atoms with E-state index in [1.54, 1.807) is 11.5 Å². The van der Waals surface area contributed by atoms with Gasteiger partial charge in [0.25, 0.3) is 0 Å². The molecule has 4 heteroatoms. The van der Waals surface area contributed by atoms with E-state index in [9.17, 15) is 4.79 Å². The van der Waals surface area contributed by atoms with Gasteiger partial charge in [0.05, 0.1) is 0 Å². The molecule has 0 rings (SSSR count). The maximum absolute atomic E-state index is 10.9. The van der Waals surface area contributed by atoms with Gasteiger partial charge in [0.15, 0.2) is 0 Å². The number of carbonyl (C=O) groups is 1. The highest BCUT2D eigenvalue weighted by Crippen LogP contribution is 1.95. The maximum atomic E-state index is 10.9. The van der Waals surface area contributed by atoms with Gasteiger partial charge in [-0.15, -0.1) is 0 Å². The fourth-order valence-corrected chi connectivity index (χ4v) is 0.608. The van der Waals surface area contributed by atoms with Gasteiger partial charge in [-0.2, -0.15) is 12.6 Å². The number of amides is 1. The van der Waals surface area contributed by atoms with Crippen molar-refractivity contribution in [2.24, 2.45) is 0 Å². The lowest BCUT2D eigenvalue weighted by Gasteiger charge is -2.10. The molecule has 0 spiro atoms. The first-order valence-corrected chi connectivity index (χ1v) is 4.46. The molecule has 1 unspecified atom stereocenters. The molecule has 1 amide bonds. The first-order chi connectivity index (χ1) is 5.70. The van der Waals surface area contributed by atoms with Crippen LogP contribution in [0.1, 0.15) is 20.3 Å². The summed E-state index contributed by atoms with van der Waals surface area (Å²) >= 11 is 3.84. The van der Waals surface area contributed by atoms with Gasteiger partial charge in [0, 0.05) is 6.54 Å². The topological polar surface area (TPSA) is 38.3 Å². The molecule has 0 aliphatic carbocycles. The largest absolute Gasteiger partial charge is 0.447 e. The van der Waals surface area contributed by atoms with Crippen LogP contribution in [-0.4, -0.2) is 18.7 Å². The molecule has 0 bridgehead atoms. The van der Waals surface area contributed by atoms with Crippen LogP contribution < -0.4 is 5.32 Å². The summed E-state index contributed by atoms with van der Waals surface area (Å²) in [7, 11) is 0. The second-order valence-electron chi connectivity index (χ2n) is 2.39. The van der Waals surface area contributed by atoms with Gasteiger partial charge in [-0.05, 0) is 18.8 Å². The number of carbonyl (C=O) groups excluding carboxylic acids is 1. The van der Waals surface area contributed by atoms with E-state index >= 15 is 0 Å². The Morgan fingerprint density at radius 2 is 2.42 bits per heavy atom. The number of alkyl carbamates (subject to hydrolysis) is 1. The molecule has 0 aliphatic heterocycles. The van der Waals surface area contributed by atoms with E-state index in [-0.39, 0.29) is 12.2 Å². The fraction of sp³-hybridized carbons (Fsp3) is 0.625. The standard InChI is InChI=1S/C8H15NO2S/c1-3-7(2)11-8(10)9-5-4-6-12/h4,6-7,12H,3,5H2,1-2H3,(H,9,10)/b6-4+. The zero-order valence-corrected chi connectivity index (χ0v) is 8.30. The molecule has 0 aromatic heterocycles. The van der Waals surface area contributed by atoms with Crippen molar-refractivity contribution in [2.45, 2.75) is 26.4 Å². The summed E-state index contributed by atoms with van der Waals surface area (Å²) < 4.78 is 4.94. The summed E-state index contributed by atoms with van der Waals surface area (Å²) in [4.78, 5) is 10.9. The summed E-state index contributed by atoms with van der Waals surface area (Å²) in [6, 6.07) is 0. The number of rotatable bonds is 4. The molecular weight excluding hydrogens is 174 g/mol. The van der Waals surface area contributed by atoms with Crippen LogP contribution in [0.4, 0.5) is 4.79 Å². The molecule has 0 aromatic carbocycles. The normalized spacial score (nSPS) is 12.9. The predicted molar refractivity (Wildman–Crippen MR) is 52.4 cm³/mol.